The van der Waals surface area contributed by atoms with Gasteiger partial charge in [0.1, 0.15) is 5.60 Å². The minimum atomic E-state index is -1.21. The molecule has 1 aromatic carbocycles. The van der Waals surface area contributed by atoms with E-state index >= 15 is 0 Å². The van der Waals surface area contributed by atoms with Gasteiger partial charge in [0.05, 0.1) is 18.6 Å². The van der Waals surface area contributed by atoms with Crippen LogP contribution in [-0.2, 0) is 20.7 Å². The Morgan fingerprint density at radius 2 is 2.23 bits per heavy atom. The van der Waals surface area contributed by atoms with E-state index in [1.54, 1.807) is 11.0 Å². The Morgan fingerprint density at radius 3 is 2.95 bits per heavy atom. The van der Waals surface area contributed by atoms with Crippen LogP contribution in [-0.4, -0.2) is 30.1 Å². The summed E-state index contributed by atoms with van der Waals surface area (Å²) < 4.78 is 5.86. The molecule has 2 fully saturated rings. The van der Waals surface area contributed by atoms with E-state index < -0.39 is 29.5 Å². The van der Waals surface area contributed by atoms with Crippen molar-refractivity contribution >= 4 is 17.6 Å². The van der Waals surface area contributed by atoms with Crippen molar-refractivity contribution in [2.45, 2.75) is 25.0 Å². The van der Waals surface area contributed by atoms with Crippen LogP contribution < -0.4 is 10.0 Å². The maximum atomic E-state index is 12.9. The summed E-state index contributed by atoms with van der Waals surface area (Å²) in [6.07, 6.45) is 3.87. The lowest BCUT2D eigenvalue weighted by molar-refractivity contribution is -0.313. The van der Waals surface area contributed by atoms with Crippen LogP contribution in [0.1, 0.15) is 12.5 Å². The molecule has 114 valence electrons. The molecule has 0 saturated carbocycles. The van der Waals surface area contributed by atoms with E-state index in [0.717, 1.165) is 17.7 Å². The highest BCUT2D eigenvalue weighted by Gasteiger charge is 2.65. The minimum absolute atomic E-state index is 0.179. The van der Waals surface area contributed by atoms with Gasteiger partial charge in [0.2, 0.25) is 5.91 Å². The molecule has 3 heterocycles. The Bertz CT molecular complexity index is 698. The number of anilines is 1. The quantitative estimate of drug-likeness (QED) is 0.752. The fourth-order valence-electron chi connectivity index (χ4n) is 4.04. The molecule has 1 spiro atoms. The molecule has 3 aliphatic rings. The molecular formula is C17H16NO4-. The fraction of sp³-hybridized carbons (Fsp3) is 0.412. The summed E-state index contributed by atoms with van der Waals surface area (Å²) in [6.45, 7) is 2.40. The van der Waals surface area contributed by atoms with Crippen molar-refractivity contribution in [3.8, 4) is 0 Å². The zero-order valence-corrected chi connectivity index (χ0v) is 12.2. The van der Waals surface area contributed by atoms with Gasteiger partial charge in [-0.15, -0.1) is 0 Å². The summed E-state index contributed by atoms with van der Waals surface area (Å²) in [5.74, 6) is -2.96. The number of aryl methyl sites for hydroxylation is 1. The van der Waals surface area contributed by atoms with Crippen molar-refractivity contribution in [3.63, 3.8) is 0 Å². The lowest BCUT2D eigenvalue weighted by Gasteiger charge is -2.24. The van der Waals surface area contributed by atoms with E-state index in [1.165, 1.54) is 0 Å². The Morgan fingerprint density at radius 1 is 1.45 bits per heavy atom. The van der Waals surface area contributed by atoms with E-state index in [0.29, 0.717) is 6.54 Å². The molecule has 0 N–H and O–H groups in total. The molecule has 0 aliphatic carbocycles. The van der Waals surface area contributed by atoms with Gasteiger partial charge in [-0.25, -0.2) is 0 Å². The van der Waals surface area contributed by atoms with Gasteiger partial charge >= 0.3 is 0 Å². The first-order valence-electron chi connectivity index (χ1n) is 7.55. The van der Waals surface area contributed by atoms with Crippen LogP contribution >= 0.6 is 0 Å². The maximum Gasteiger partial charge on any atom is 0.234 e. The number of para-hydroxylation sites is 1. The third kappa shape index (κ3) is 1.57. The highest BCUT2D eigenvalue weighted by atomic mass is 16.5. The minimum Gasteiger partial charge on any atom is -0.550 e. The summed E-state index contributed by atoms with van der Waals surface area (Å²) >= 11 is 0. The van der Waals surface area contributed by atoms with Gasteiger partial charge < -0.3 is 19.5 Å². The lowest BCUT2D eigenvalue weighted by Crippen LogP contribution is -2.45. The average molecular weight is 298 g/mol. The van der Waals surface area contributed by atoms with Crippen LogP contribution in [0, 0.1) is 11.8 Å². The maximum absolute atomic E-state index is 12.9. The number of ether oxygens (including phenoxy) is 1. The van der Waals surface area contributed by atoms with Gasteiger partial charge in [0.15, 0.2) is 0 Å². The molecule has 1 amide bonds. The van der Waals surface area contributed by atoms with Gasteiger partial charge in [-0.3, -0.25) is 4.79 Å². The van der Waals surface area contributed by atoms with Crippen molar-refractivity contribution in [2.75, 3.05) is 11.4 Å². The highest BCUT2D eigenvalue weighted by molar-refractivity contribution is 6.02. The van der Waals surface area contributed by atoms with Crippen LogP contribution in [0.4, 0.5) is 5.69 Å². The molecule has 3 aliphatic heterocycles. The van der Waals surface area contributed by atoms with E-state index in [2.05, 4.69) is 0 Å². The average Bonchev–Trinajstić information content (AvgIpc) is 3.15. The smallest absolute Gasteiger partial charge is 0.234 e. The molecule has 2 saturated heterocycles. The summed E-state index contributed by atoms with van der Waals surface area (Å²) in [7, 11) is 0. The van der Waals surface area contributed by atoms with E-state index in [1.807, 2.05) is 37.3 Å². The molecule has 2 bridgehead atoms. The van der Waals surface area contributed by atoms with Crippen LogP contribution in [0.5, 0.6) is 0 Å². The van der Waals surface area contributed by atoms with Gasteiger partial charge in [0.25, 0.3) is 0 Å². The number of carbonyl (C=O) groups excluding carboxylic acids is 2. The van der Waals surface area contributed by atoms with Crippen molar-refractivity contribution in [1.82, 2.24) is 0 Å². The summed E-state index contributed by atoms with van der Waals surface area (Å²) in [5, 5.41) is 11.4. The molecular weight excluding hydrogens is 282 g/mol. The molecule has 1 aromatic rings. The zero-order valence-electron chi connectivity index (χ0n) is 12.2. The number of hydrogen-bond donors (Lipinski definition) is 0. The number of benzene rings is 1. The van der Waals surface area contributed by atoms with Gasteiger partial charge in [-0.1, -0.05) is 37.3 Å². The zero-order chi connectivity index (χ0) is 15.5. The monoisotopic (exact) mass is 298 g/mol. The Balaban J connectivity index is 1.77. The lowest BCUT2D eigenvalue weighted by atomic mass is 9.77. The molecule has 5 nitrogen and oxygen atoms in total. The largest absolute Gasteiger partial charge is 0.550 e. The topological polar surface area (TPSA) is 69.7 Å². The molecule has 4 rings (SSSR count). The summed E-state index contributed by atoms with van der Waals surface area (Å²) in [4.78, 5) is 26.0. The predicted molar refractivity (Wildman–Crippen MR) is 76.9 cm³/mol. The first-order chi connectivity index (χ1) is 10.6. The van der Waals surface area contributed by atoms with E-state index in [-0.39, 0.29) is 5.91 Å². The summed E-state index contributed by atoms with van der Waals surface area (Å²) in [5.41, 5.74) is 1.10. The number of fused-ring (bicyclic) bond motifs is 1. The number of carbonyl (C=O) groups is 2. The van der Waals surface area contributed by atoms with Crippen LogP contribution in [0.3, 0.4) is 0 Å². The third-order valence-electron chi connectivity index (χ3n) is 5.04. The molecule has 0 radical (unpaired) electrons. The molecule has 22 heavy (non-hydrogen) atoms. The number of amides is 1. The second-order valence-electron chi connectivity index (χ2n) is 6.13. The first-order valence-corrected chi connectivity index (χ1v) is 7.55. The second-order valence-corrected chi connectivity index (χ2v) is 6.13. The van der Waals surface area contributed by atoms with E-state index in [4.69, 9.17) is 4.74 Å². The second kappa shape index (κ2) is 4.43. The Hall–Kier alpha value is -2.14. The molecule has 4 atom stereocenters. The summed E-state index contributed by atoms with van der Waals surface area (Å²) in [6, 6.07) is 7.71. The number of hydrogen-bond acceptors (Lipinski definition) is 4. The predicted octanol–water partition coefficient (Wildman–Crippen LogP) is 0.285. The number of aliphatic carboxylic acids is 1. The number of nitrogens with zero attached hydrogens (tertiary/aromatic N) is 1. The number of rotatable bonds is 3. The van der Waals surface area contributed by atoms with Gasteiger partial charge in [0, 0.05) is 17.6 Å². The Labute approximate surface area is 128 Å². The van der Waals surface area contributed by atoms with Crippen molar-refractivity contribution < 1.29 is 19.4 Å². The van der Waals surface area contributed by atoms with Gasteiger partial charge in [-0.05, 0) is 18.1 Å². The Kier molecular flexibility index (Phi) is 2.72. The molecule has 0 unspecified atom stereocenters. The standard InChI is InChI=1S/C17H17NO4/c1-2-10-5-3-4-6-11(10)18-9-17-8-7-12(22-17)13(16(20)21)14(17)15(18)19/h3-8,12-14H,2,9H2,1H3,(H,20,21)/p-1/t12-,13-,14+,17+/m0/s1. The molecule has 0 aromatic heterocycles. The molecule has 5 heteroatoms. The van der Waals surface area contributed by atoms with Crippen LogP contribution in [0.25, 0.3) is 0 Å². The normalized spacial score (nSPS) is 35.2. The number of carboxylic acids is 1. The van der Waals surface area contributed by atoms with E-state index in [9.17, 15) is 14.7 Å². The van der Waals surface area contributed by atoms with Crippen molar-refractivity contribution in [2.24, 2.45) is 11.8 Å². The van der Waals surface area contributed by atoms with Crippen molar-refractivity contribution in [1.29, 1.82) is 0 Å². The van der Waals surface area contributed by atoms with Gasteiger partial charge in [-0.2, -0.15) is 0 Å². The highest BCUT2D eigenvalue weighted by Crippen LogP contribution is 2.52. The third-order valence-corrected chi connectivity index (χ3v) is 5.04. The van der Waals surface area contributed by atoms with Crippen molar-refractivity contribution in [3.05, 3.63) is 42.0 Å². The van der Waals surface area contributed by atoms with Crippen LogP contribution in [0.2, 0.25) is 0 Å². The fourth-order valence-corrected chi connectivity index (χ4v) is 4.04. The SMILES string of the molecule is CCc1ccccc1N1C[C@@]23C=C[C@H](O2)[C@H](C(=O)[O-])[C@@H]3C1=O. The van der Waals surface area contributed by atoms with Crippen LogP contribution in [0.15, 0.2) is 36.4 Å². The number of carboxylic acid groups (broad SMARTS) is 1. The first kappa shape index (κ1) is 13.5.